The number of ether oxygens (including phenoxy) is 1. The second-order valence-corrected chi connectivity index (χ2v) is 7.03. The Kier molecular flexibility index (Phi) is 8.32. The topological polar surface area (TPSA) is 61.8 Å². The van der Waals surface area contributed by atoms with Crippen LogP contribution in [0.25, 0.3) is 0 Å². The Hall–Kier alpha value is -2.35. The second-order valence-electron chi connectivity index (χ2n) is 6.20. The van der Waals surface area contributed by atoms with E-state index in [1.165, 1.54) is 12.1 Å². The van der Waals surface area contributed by atoms with Crippen molar-refractivity contribution in [3.63, 3.8) is 0 Å². The SMILES string of the molecule is CCNC(=NCc1csc(N(C)C)n1)NCC(CC)Oc1cccc(F)c1. The predicted molar refractivity (Wildman–Crippen MR) is 110 cm³/mol. The van der Waals surface area contributed by atoms with Gasteiger partial charge >= 0.3 is 0 Å². The van der Waals surface area contributed by atoms with Gasteiger partial charge in [-0.15, -0.1) is 11.3 Å². The Morgan fingerprint density at radius 3 is 2.78 bits per heavy atom. The van der Waals surface area contributed by atoms with Gasteiger partial charge in [-0.1, -0.05) is 13.0 Å². The molecular formula is C19H28FN5OS. The molecule has 1 aromatic heterocycles. The van der Waals surface area contributed by atoms with Crippen molar-refractivity contribution in [1.29, 1.82) is 0 Å². The summed E-state index contributed by atoms with van der Waals surface area (Å²) >= 11 is 1.60. The van der Waals surface area contributed by atoms with E-state index in [-0.39, 0.29) is 11.9 Å². The first-order valence-electron chi connectivity index (χ1n) is 9.08. The third kappa shape index (κ3) is 7.05. The standard InChI is InChI=1S/C19H28FN5OS/c1-5-16(26-17-9-7-8-14(20)10-17)12-23-18(21-6-2)22-11-15-13-27-19(24-15)25(3)4/h7-10,13,16H,5-6,11-12H2,1-4H3,(H2,21,22,23). The van der Waals surface area contributed by atoms with Crippen LogP contribution < -0.4 is 20.3 Å². The lowest BCUT2D eigenvalue weighted by Crippen LogP contribution is -2.42. The molecule has 1 unspecified atom stereocenters. The van der Waals surface area contributed by atoms with Crippen LogP contribution >= 0.6 is 11.3 Å². The number of hydrogen-bond donors (Lipinski definition) is 2. The largest absolute Gasteiger partial charge is 0.489 e. The van der Waals surface area contributed by atoms with Crippen molar-refractivity contribution in [2.24, 2.45) is 4.99 Å². The van der Waals surface area contributed by atoms with E-state index in [2.05, 4.69) is 20.6 Å². The molecule has 2 aromatic rings. The first-order chi connectivity index (χ1) is 13.0. The van der Waals surface area contributed by atoms with Crippen LogP contribution in [0.3, 0.4) is 0 Å². The molecule has 1 aromatic carbocycles. The van der Waals surface area contributed by atoms with E-state index in [4.69, 9.17) is 4.74 Å². The van der Waals surface area contributed by atoms with Gasteiger partial charge in [0.2, 0.25) is 0 Å². The molecule has 2 N–H and O–H groups in total. The summed E-state index contributed by atoms with van der Waals surface area (Å²) in [6.07, 6.45) is 0.705. The molecule has 0 spiro atoms. The number of thiazole rings is 1. The maximum absolute atomic E-state index is 13.3. The maximum Gasteiger partial charge on any atom is 0.191 e. The summed E-state index contributed by atoms with van der Waals surface area (Å²) in [5.41, 5.74) is 0.934. The molecule has 0 fully saturated rings. The lowest BCUT2D eigenvalue weighted by molar-refractivity contribution is 0.198. The van der Waals surface area contributed by atoms with E-state index in [9.17, 15) is 4.39 Å². The minimum absolute atomic E-state index is 0.0877. The van der Waals surface area contributed by atoms with E-state index in [1.54, 1.807) is 23.5 Å². The average Bonchev–Trinajstić information content (AvgIpc) is 3.12. The summed E-state index contributed by atoms with van der Waals surface area (Å²) in [5.74, 6) is 0.938. The second kappa shape index (κ2) is 10.7. The van der Waals surface area contributed by atoms with Gasteiger partial charge in [0.1, 0.15) is 17.7 Å². The molecule has 0 aliphatic carbocycles. The molecule has 0 aliphatic heterocycles. The number of rotatable bonds is 9. The Morgan fingerprint density at radius 1 is 1.33 bits per heavy atom. The fraction of sp³-hybridized carbons (Fsp3) is 0.474. The number of aromatic nitrogens is 1. The van der Waals surface area contributed by atoms with Crippen LogP contribution in [-0.4, -0.2) is 44.2 Å². The molecule has 0 amide bonds. The number of guanidine groups is 1. The number of halogens is 1. The van der Waals surface area contributed by atoms with Gasteiger partial charge in [0.25, 0.3) is 0 Å². The lowest BCUT2D eigenvalue weighted by Gasteiger charge is -2.20. The van der Waals surface area contributed by atoms with Crippen LogP contribution in [0, 0.1) is 5.82 Å². The highest BCUT2D eigenvalue weighted by atomic mass is 32.1. The van der Waals surface area contributed by atoms with E-state index < -0.39 is 0 Å². The fourth-order valence-electron chi connectivity index (χ4n) is 2.29. The third-order valence-electron chi connectivity index (χ3n) is 3.72. The molecule has 0 radical (unpaired) electrons. The molecule has 2 rings (SSSR count). The monoisotopic (exact) mass is 393 g/mol. The predicted octanol–water partition coefficient (Wildman–Crippen LogP) is 3.26. The average molecular weight is 394 g/mol. The first kappa shape index (κ1) is 21.0. The van der Waals surface area contributed by atoms with Gasteiger partial charge in [-0.25, -0.2) is 14.4 Å². The molecular weight excluding hydrogens is 365 g/mol. The Bertz CT molecular complexity index is 734. The Balaban J connectivity index is 1.92. The number of benzene rings is 1. The normalized spacial score (nSPS) is 12.6. The van der Waals surface area contributed by atoms with Crippen LogP contribution in [0.5, 0.6) is 5.75 Å². The maximum atomic E-state index is 13.3. The molecule has 6 nitrogen and oxygen atoms in total. The van der Waals surface area contributed by atoms with Crippen molar-refractivity contribution in [2.45, 2.75) is 32.9 Å². The molecule has 27 heavy (non-hydrogen) atoms. The highest BCUT2D eigenvalue weighted by Crippen LogP contribution is 2.18. The third-order valence-corrected chi connectivity index (χ3v) is 4.77. The van der Waals surface area contributed by atoms with Crippen LogP contribution in [0.2, 0.25) is 0 Å². The fourth-order valence-corrected chi connectivity index (χ4v) is 3.04. The van der Waals surface area contributed by atoms with Crippen LogP contribution in [0.1, 0.15) is 26.0 Å². The molecule has 8 heteroatoms. The smallest absolute Gasteiger partial charge is 0.191 e. The van der Waals surface area contributed by atoms with Gasteiger partial charge in [-0.05, 0) is 25.5 Å². The molecule has 0 saturated carbocycles. The summed E-state index contributed by atoms with van der Waals surface area (Å²) in [4.78, 5) is 11.1. The summed E-state index contributed by atoms with van der Waals surface area (Å²) in [6.45, 7) is 5.88. The van der Waals surface area contributed by atoms with E-state index in [0.29, 0.717) is 24.8 Å². The van der Waals surface area contributed by atoms with Crippen molar-refractivity contribution >= 4 is 22.4 Å². The molecule has 148 valence electrons. The highest BCUT2D eigenvalue weighted by Gasteiger charge is 2.10. The van der Waals surface area contributed by atoms with Gasteiger partial charge in [0.05, 0.1) is 18.8 Å². The van der Waals surface area contributed by atoms with E-state index >= 15 is 0 Å². The van der Waals surface area contributed by atoms with Gasteiger partial charge < -0.3 is 20.3 Å². The quantitative estimate of drug-likeness (QED) is 0.506. The number of nitrogens with one attached hydrogen (secondary N) is 2. The van der Waals surface area contributed by atoms with Crippen molar-refractivity contribution in [3.8, 4) is 5.75 Å². The zero-order valence-electron chi connectivity index (χ0n) is 16.3. The van der Waals surface area contributed by atoms with Crippen LogP contribution in [0.4, 0.5) is 9.52 Å². The summed E-state index contributed by atoms with van der Waals surface area (Å²) in [7, 11) is 3.95. The molecule has 1 atom stereocenters. The highest BCUT2D eigenvalue weighted by molar-refractivity contribution is 7.13. The Morgan fingerprint density at radius 2 is 2.15 bits per heavy atom. The number of anilines is 1. The van der Waals surface area contributed by atoms with Crippen molar-refractivity contribution in [3.05, 3.63) is 41.2 Å². The van der Waals surface area contributed by atoms with Crippen LogP contribution in [0.15, 0.2) is 34.6 Å². The molecule has 0 aliphatic rings. The van der Waals surface area contributed by atoms with E-state index in [0.717, 1.165) is 23.8 Å². The van der Waals surface area contributed by atoms with Crippen molar-refractivity contribution in [1.82, 2.24) is 15.6 Å². The number of nitrogens with zero attached hydrogens (tertiary/aromatic N) is 3. The molecule has 0 bridgehead atoms. The first-order valence-corrected chi connectivity index (χ1v) is 9.95. The molecule has 1 heterocycles. The zero-order valence-corrected chi connectivity index (χ0v) is 17.1. The molecule has 0 saturated heterocycles. The summed E-state index contributed by atoms with van der Waals surface area (Å²) in [5, 5.41) is 9.50. The van der Waals surface area contributed by atoms with Gasteiger partial charge in [-0.3, -0.25) is 0 Å². The van der Waals surface area contributed by atoms with E-state index in [1.807, 2.05) is 38.2 Å². The Labute approximate surface area is 164 Å². The van der Waals surface area contributed by atoms with Gasteiger partial charge in [0.15, 0.2) is 11.1 Å². The summed E-state index contributed by atoms with van der Waals surface area (Å²) in [6, 6.07) is 6.20. The number of aliphatic imine (C=N–C) groups is 1. The lowest BCUT2D eigenvalue weighted by atomic mass is 10.2. The minimum Gasteiger partial charge on any atom is -0.489 e. The van der Waals surface area contributed by atoms with Crippen molar-refractivity contribution < 1.29 is 9.13 Å². The minimum atomic E-state index is -0.300. The van der Waals surface area contributed by atoms with Gasteiger partial charge in [-0.2, -0.15) is 0 Å². The van der Waals surface area contributed by atoms with Gasteiger partial charge in [0, 0.05) is 32.1 Å². The summed E-state index contributed by atoms with van der Waals surface area (Å²) < 4.78 is 19.2. The van der Waals surface area contributed by atoms with Crippen molar-refractivity contribution in [2.75, 3.05) is 32.1 Å². The van der Waals surface area contributed by atoms with Crippen LogP contribution in [-0.2, 0) is 6.54 Å². The zero-order chi connectivity index (χ0) is 19.6. The number of hydrogen-bond acceptors (Lipinski definition) is 5.